The third-order valence-electron chi connectivity index (χ3n) is 3.89. The van der Waals surface area contributed by atoms with E-state index in [1.165, 1.54) is 10.8 Å². The number of anilines is 1. The predicted octanol–water partition coefficient (Wildman–Crippen LogP) is 3.80. The number of hydrogen-bond donors (Lipinski definition) is 2. The van der Waals surface area contributed by atoms with Gasteiger partial charge in [0.15, 0.2) is 0 Å². The maximum absolute atomic E-state index is 11.9. The summed E-state index contributed by atoms with van der Waals surface area (Å²) in [4.78, 5) is 11.9. The van der Waals surface area contributed by atoms with Crippen LogP contribution in [0.25, 0.3) is 10.8 Å². The fourth-order valence-corrected chi connectivity index (χ4v) is 2.57. The third kappa shape index (κ3) is 3.97. The molecule has 2 N–H and O–H groups in total. The summed E-state index contributed by atoms with van der Waals surface area (Å²) in [6, 6.07) is 14.5. The molecule has 0 heterocycles. The Kier molecular flexibility index (Phi) is 5.61. The largest absolute Gasteiger partial charge is 0.383 e. The van der Waals surface area contributed by atoms with Crippen molar-refractivity contribution in [2.24, 2.45) is 5.92 Å². The third-order valence-corrected chi connectivity index (χ3v) is 3.89. The van der Waals surface area contributed by atoms with Gasteiger partial charge in [-0.05, 0) is 24.3 Å². The van der Waals surface area contributed by atoms with Crippen LogP contribution in [0.1, 0.15) is 26.7 Å². The van der Waals surface area contributed by atoms with Crippen LogP contribution in [0.4, 0.5) is 5.69 Å². The quantitative estimate of drug-likeness (QED) is 0.759. The Labute approximate surface area is 126 Å². The minimum absolute atomic E-state index is 0.141. The zero-order chi connectivity index (χ0) is 15.1. The molecule has 3 heteroatoms. The maximum Gasteiger partial charge on any atom is 0.223 e. The summed E-state index contributed by atoms with van der Waals surface area (Å²) in [5, 5.41) is 8.84. The molecule has 0 spiro atoms. The fourth-order valence-electron chi connectivity index (χ4n) is 2.57. The topological polar surface area (TPSA) is 41.1 Å². The van der Waals surface area contributed by atoms with Gasteiger partial charge in [0.1, 0.15) is 0 Å². The number of benzene rings is 2. The lowest BCUT2D eigenvalue weighted by Crippen LogP contribution is -2.33. The van der Waals surface area contributed by atoms with Crippen LogP contribution in [-0.2, 0) is 4.79 Å². The van der Waals surface area contributed by atoms with E-state index < -0.39 is 0 Å². The monoisotopic (exact) mass is 284 g/mol. The van der Waals surface area contributed by atoms with E-state index in [1.54, 1.807) is 0 Å². The molecule has 0 aromatic heterocycles. The summed E-state index contributed by atoms with van der Waals surface area (Å²) >= 11 is 0. The normalized spacial score (nSPS) is 10.8. The van der Waals surface area contributed by atoms with Gasteiger partial charge >= 0.3 is 0 Å². The molecule has 2 aromatic rings. The maximum atomic E-state index is 11.9. The first-order chi connectivity index (χ1) is 10.3. The fraction of sp³-hybridized carbons (Fsp3) is 0.389. The number of carbonyl (C=O) groups excluding carboxylic acids is 1. The number of carbonyl (C=O) groups is 1. The van der Waals surface area contributed by atoms with Gasteiger partial charge in [0.2, 0.25) is 5.91 Å². The first kappa shape index (κ1) is 15.4. The van der Waals surface area contributed by atoms with E-state index in [9.17, 15) is 4.79 Å². The molecule has 0 unspecified atom stereocenters. The van der Waals surface area contributed by atoms with Gasteiger partial charge in [-0.15, -0.1) is 0 Å². The zero-order valence-corrected chi connectivity index (χ0v) is 12.9. The molecule has 2 rings (SSSR count). The lowest BCUT2D eigenvalue weighted by Gasteiger charge is -2.14. The second-order valence-electron chi connectivity index (χ2n) is 5.26. The zero-order valence-electron chi connectivity index (χ0n) is 12.9. The van der Waals surface area contributed by atoms with Crippen LogP contribution in [-0.4, -0.2) is 19.0 Å². The predicted molar refractivity (Wildman–Crippen MR) is 89.5 cm³/mol. The van der Waals surface area contributed by atoms with Crippen molar-refractivity contribution in [1.29, 1.82) is 0 Å². The molecule has 112 valence electrons. The second-order valence-corrected chi connectivity index (χ2v) is 5.26. The van der Waals surface area contributed by atoms with Crippen LogP contribution in [0, 0.1) is 5.92 Å². The highest BCUT2D eigenvalue weighted by Gasteiger charge is 2.12. The molecular weight excluding hydrogens is 260 g/mol. The van der Waals surface area contributed by atoms with Gasteiger partial charge in [0.25, 0.3) is 0 Å². The first-order valence-electron chi connectivity index (χ1n) is 7.75. The van der Waals surface area contributed by atoms with Crippen molar-refractivity contribution in [3.05, 3.63) is 42.5 Å². The minimum Gasteiger partial charge on any atom is -0.383 e. The summed E-state index contributed by atoms with van der Waals surface area (Å²) in [5.41, 5.74) is 1.12. The van der Waals surface area contributed by atoms with E-state index in [2.05, 4.69) is 48.7 Å². The number of hydrogen-bond acceptors (Lipinski definition) is 2. The van der Waals surface area contributed by atoms with E-state index in [0.29, 0.717) is 6.54 Å². The molecule has 0 saturated heterocycles. The van der Waals surface area contributed by atoms with Crippen LogP contribution in [0.15, 0.2) is 42.5 Å². The van der Waals surface area contributed by atoms with Crippen molar-refractivity contribution in [3.63, 3.8) is 0 Å². The summed E-state index contributed by atoms with van der Waals surface area (Å²) < 4.78 is 0. The number of fused-ring (bicyclic) bond motifs is 1. The van der Waals surface area contributed by atoms with Crippen molar-refractivity contribution in [2.45, 2.75) is 26.7 Å². The van der Waals surface area contributed by atoms with Gasteiger partial charge in [-0.2, -0.15) is 0 Å². The summed E-state index contributed by atoms with van der Waals surface area (Å²) in [5.74, 6) is 0.308. The van der Waals surface area contributed by atoms with Crippen LogP contribution >= 0.6 is 0 Å². The Morgan fingerprint density at radius 2 is 1.71 bits per heavy atom. The van der Waals surface area contributed by atoms with Crippen LogP contribution in [0.3, 0.4) is 0 Å². The Morgan fingerprint density at radius 1 is 1.00 bits per heavy atom. The molecule has 1 amide bonds. The molecule has 0 fully saturated rings. The van der Waals surface area contributed by atoms with Gasteiger partial charge < -0.3 is 10.6 Å². The van der Waals surface area contributed by atoms with E-state index in [4.69, 9.17) is 0 Å². The molecular formula is C18H24N2O. The highest BCUT2D eigenvalue weighted by atomic mass is 16.1. The Morgan fingerprint density at radius 3 is 2.48 bits per heavy atom. The average Bonchev–Trinajstić information content (AvgIpc) is 2.53. The van der Waals surface area contributed by atoms with Crippen LogP contribution in [0.5, 0.6) is 0 Å². The lowest BCUT2D eigenvalue weighted by molar-refractivity contribution is -0.125. The minimum atomic E-state index is 0.141. The van der Waals surface area contributed by atoms with Gasteiger partial charge in [-0.1, -0.05) is 50.2 Å². The Balaban J connectivity index is 1.87. The molecule has 21 heavy (non-hydrogen) atoms. The standard InChI is InChI=1S/C18H24N2O/c1-3-14(4-2)18(21)20-13-12-19-17-11-7-9-15-8-5-6-10-16(15)17/h5-11,14,19H,3-4,12-13H2,1-2H3,(H,20,21). The summed E-state index contributed by atoms with van der Waals surface area (Å²) in [6.45, 7) is 5.50. The summed E-state index contributed by atoms with van der Waals surface area (Å²) in [6.07, 6.45) is 1.80. The molecule has 3 nitrogen and oxygen atoms in total. The molecule has 0 aliphatic carbocycles. The first-order valence-corrected chi connectivity index (χ1v) is 7.75. The SMILES string of the molecule is CCC(CC)C(=O)NCCNc1cccc2ccccc12. The van der Waals surface area contributed by atoms with E-state index in [1.807, 2.05) is 18.2 Å². The highest BCUT2D eigenvalue weighted by molar-refractivity contribution is 5.93. The number of nitrogens with one attached hydrogen (secondary N) is 2. The van der Waals surface area contributed by atoms with Crippen molar-refractivity contribution in [2.75, 3.05) is 18.4 Å². The Bertz CT molecular complexity index is 585. The van der Waals surface area contributed by atoms with E-state index >= 15 is 0 Å². The van der Waals surface area contributed by atoms with Gasteiger partial charge in [0, 0.05) is 30.1 Å². The van der Waals surface area contributed by atoms with E-state index in [0.717, 1.165) is 25.1 Å². The van der Waals surface area contributed by atoms with E-state index in [-0.39, 0.29) is 11.8 Å². The smallest absolute Gasteiger partial charge is 0.223 e. The van der Waals surface area contributed by atoms with Crippen molar-refractivity contribution in [3.8, 4) is 0 Å². The van der Waals surface area contributed by atoms with Crippen molar-refractivity contribution >= 4 is 22.4 Å². The molecule has 0 atom stereocenters. The van der Waals surface area contributed by atoms with Crippen LogP contribution in [0.2, 0.25) is 0 Å². The van der Waals surface area contributed by atoms with Gasteiger partial charge in [-0.3, -0.25) is 4.79 Å². The molecule has 2 aromatic carbocycles. The summed E-state index contributed by atoms with van der Waals surface area (Å²) in [7, 11) is 0. The molecule has 0 aliphatic heterocycles. The number of rotatable bonds is 7. The average molecular weight is 284 g/mol. The Hall–Kier alpha value is -2.03. The highest BCUT2D eigenvalue weighted by Crippen LogP contribution is 2.22. The van der Waals surface area contributed by atoms with Gasteiger partial charge in [-0.25, -0.2) is 0 Å². The van der Waals surface area contributed by atoms with Crippen molar-refractivity contribution < 1.29 is 4.79 Å². The number of amides is 1. The lowest BCUT2D eigenvalue weighted by atomic mass is 10.0. The molecule has 0 radical (unpaired) electrons. The molecule has 0 bridgehead atoms. The second kappa shape index (κ2) is 7.67. The molecule has 0 saturated carbocycles. The molecule has 0 aliphatic rings. The van der Waals surface area contributed by atoms with Gasteiger partial charge in [0.05, 0.1) is 0 Å². The van der Waals surface area contributed by atoms with Crippen molar-refractivity contribution in [1.82, 2.24) is 5.32 Å². The van der Waals surface area contributed by atoms with Crippen LogP contribution < -0.4 is 10.6 Å².